The van der Waals surface area contributed by atoms with Crippen molar-refractivity contribution in [3.8, 4) is 0 Å². The predicted octanol–water partition coefficient (Wildman–Crippen LogP) is 4.80. The van der Waals surface area contributed by atoms with Crippen LogP contribution in [0.5, 0.6) is 0 Å². The van der Waals surface area contributed by atoms with E-state index < -0.39 is 0 Å². The molecular weight excluding hydrogens is 230 g/mol. The van der Waals surface area contributed by atoms with Crippen molar-refractivity contribution < 1.29 is 0 Å². The van der Waals surface area contributed by atoms with Crippen molar-refractivity contribution in [3.63, 3.8) is 0 Å². The van der Waals surface area contributed by atoms with E-state index in [2.05, 4.69) is 70.4 Å². The summed E-state index contributed by atoms with van der Waals surface area (Å²) in [5, 5.41) is 3.50. The van der Waals surface area contributed by atoms with E-state index in [1.807, 2.05) is 6.08 Å². The first-order valence-corrected chi connectivity index (χ1v) is 6.98. The lowest BCUT2D eigenvalue weighted by Gasteiger charge is -2.29. The van der Waals surface area contributed by atoms with Gasteiger partial charge in [-0.25, -0.2) is 0 Å². The van der Waals surface area contributed by atoms with Crippen LogP contribution in [0.25, 0.3) is 6.08 Å². The van der Waals surface area contributed by atoms with Crippen molar-refractivity contribution in [2.24, 2.45) is 5.41 Å². The summed E-state index contributed by atoms with van der Waals surface area (Å²) < 4.78 is 0. The van der Waals surface area contributed by atoms with Crippen LogP contribution in [-0.4, -0.2) is 6.04 Å². The van der Waals surface area contributed by atoms with E-state index in [0.717, 1.165) is 18.5 Å². The molecule has 1 unspecified atom stereocenters. The van der Waals surface area contributed by atoms with Crippen molar-refractivity contribution >= 4 is 6.08 Å². The summed E-state index contributed by atoms with van der Waals surface area (Å²) in [6, 6.07) is 8.94. The van der Waals surface area contributed by atoms with E-state index in [9.17, 15) is 0 Å². The van der Waals surface area contributed by atoms with E-state index >= 15 is 0 Å². The highest BCUT2D eigenvalue weighted by atomic mass is 14.9. The quantitative estimate of drug-likeness (QED) is 0.772. The summed E-state index contributed by atoms with van der Waals surface area (Å²) in [7, 11) is 0. The second kappa shape index (κ2) is 6.60. The van der Waals surface area contributed by atoms with Crippen LogP contribution in [0, 0.1) is 5.41 Å². The molecule has 1 aromatic rings. The third-order valence-corrected chi connectivity index (χ3v) is 3.62. The highest BCUT2D eigenvalue weighted by molar-refractivity contribution is 5.47. The predicted molar refractivity (Wildman–Crippen MR) is 86.0 cm³/mol. The first-order valence-electron chi connectivity index (χ1n) is 6.98. The second-order valence-electron chi connectivity index (χ2n) is 6.28. The molecule has 0 fully saturated rings. The lowest BCUT2D eigenvalue weighted by molar-refractivity contribution is 0.301. The largest absolute Gasteiger partial charge is 0.386 e. The lowest BCUT2D eigenvalue weighted by Crippen LogP contribution is -2.36. The van der Waals surface area contributed by atoms with Crippen molar-refractivity contribution in [3.05, 3.63) is 54.2 Å². The molecule has 0 heterocycles. The standard InChI is InChI=1S/C18H27N/c1-7-16-9-8-10-17(13-16)12-11-14(2)19-15(3)18(4,5)6/h7-10,13,15,19H,1-2,11-12H2,3-6H3. The summed E-state index contributed by atoms with van der Waals surface area (Å²) in [6.07, 6.45) is 3.88. The van der Waals surface area contributed by atoms with Crippen molar-refractivity contribution in [1.82, 2.24) is 5.32 Å². The van der Waals surface area contributed by atoms with Gasteiger partial charge in [0.2, 0.25) is 0 Å². The molecule has 1 rings (SSSR count). The zero-order valence-electron chi connectivity index (χ0n) is 12.8. The molecule has 1 atom stereocenters. The highest BCUT2D eigenvalue weighted by Crippen LogP contribution is 2.20. The minimum Gasteiger partial charge on any atom is -0.386 e. The molecule has 0 radical (unpaired) electrons. The van der Waals surface area contributed by atoms with Crippen molar-refractivity contribution in [1.29, 1.82) is 0 Å². The Balaban J connectivity index is 2.48. The number of nitrogens with one attached hydrogen (secondary N) is 1. The Morgan fingerprint density at radius 2 is 2.05 bits per heavy atom. The van der Waals surface area contributed by atoms with Gasteiger partial charge in [-0.2, -0.15) is 0 Å². The Morgan fingerprint density at radius 3 is 2.63 bits per heavy atom. The van der Waals surface area contributed by atoms with Crippen LogP contribution in [0.4, 0.5) is 0 Å². The number of aryl methyl sites for hydroxylation is 1. The summed E-state index contributed by atoms with van der Waals surface area (Å²) >= 11 is 0. The van der Waals surface area contributed by atoms with Gasteiger partial charge in [-0.3, -0.25) is 0 Å². The fourth-order valence-corrected chi connectivity index (χ4v) is 1.77. The lowest BCUT2D eigenvalue weighted by atomic mass is 9.88. The van der Waals surface area contributed by atoms with Crippen LogP contribution in [0.2, 0.25) is 0 Å². The summed E-state index contributed by atoms with van der Waals surface area (Å²) in [6.45, 7) is 16.9. The maximum atomic E-state index is 4.13. The molecule has 0 aromatic heterocycles. The minimum atomic E-state index is 0.256. The molecule has 104 valence electrons. The number of rotatable bonds is 6. The van der Waals surface area contributed by atoms with Gasteiger partial charge in [-0.1, -0.05) is 64.3 Å². The van der Waals surface area contributed by atoms with Crippen LogP contribution < -0.4 is 5.32 Å². The van der Waals surface area contributed by atoms with Gasteiger partial charge in [-0.05, 0) is 36.3 Å². The molecule has 0 spiro atoms. The normalized spacial score (nSPS) is 12.8. The van der Waals surface area contributed by atoms with E-state index in [0.29, 0.717) is 6.04 Å². The van der Waals surface area contributed by atoms with Gasteiger partial charge in [-0.15, -0.1) is 0 Å². The van der Waals surface area contributed by atoms with Crippen LogP contribution in [0.15, 0.2) is 43.1 Å². The topological polar surface area (TPSA) is 12.0 Å². The van der Waals surface area contributed by atoms with E-state index in [1.165, 1.54) is 11.1 Å². The number of benzene rings is 1. The van der Waals surface area contributed by atoms with Crippen molar-refractivity contribution in [2.75, 3.05) is 0 Å². The van der Waals surface area contributed by atoms with Crippen LogP contribution >= 0.6 is 0 Å². The monoisotopic (exact) mass is 257 g/mol. The molecule has 1 N–H and O–H groups in total. The van der Waals surface area contributed by atoms with Gasteiger partial charge in [0.1, 0.15) is 0 Å². The number of allylic oxidation sites excluding steroid dienone is 1. The van der Waals surface area contributed by atoms with Gasteiger partial charge in [0.15, 0.2) is 0 Å². The molecule has 0 aliphatic heterocycles. The van der Waals surface area contributed by atoms with Gasteiger partial charge in [0.05, 0.1) is 0 Å². The molecule has 0 amide bonds. The molecule has 0 aliphatic rings. The molecular formula is C18H27N. The smallest absolute Gasteiger partial charge is 0.0278 e. The summed E-state index contributed by atoms with van der Waals surface area (Å²) in [4.78, 5) is 0. The Bertz CT molecular complexity index is 437. The summed E-state index contributed by atoms with van der Waals surface area (Å²) in [5.41, 5.74) is 3.89. The average Bonchev–Trinajstić information content (AvgIpc) is 2.35. The minimum absolute atomic E-state index is 0.256. The van der Waals surface area contributed by atoms with Crippen LogP contribution in [0.1, 0.15) is 45.2 Å². The molecule has 0 aliphatic carbocycles. The fourth-order valence-electron chi connectivity index (χ4n) is 1.77. The SMILES string of the molecule is C=Cc1cccc(CCC(=C)NC(C)C(C)(C)C)c1. The van der Waals surface area contributed by atoms with E-state index in [-0.39, 0.29) is 5.41 Å². The molecule has 1 aromatic carbocycles. The molecule has 1 heteroatoms. The molecule has 0 saturated carbocycles. The summed E-state index contributed by atoms with van der Waals surface area (Å²) in [5.74, 6) is 0. The zero-order chi connectivity index (χ0) is 14.5. The zero-order valence-corrected chi connectivity index (χ0v) is 12.8. The van der Waals surface area contributed by atoms with Gasteiger partial charge in [0, 0.05) is 11.7 Å². The van der Waals surface area contributed by atoms with Gasteiger partial charge >= 0.3 is 0 Å². The first kappa shape index (κ1) is 15.6. The Kier molecular flexibility index (Phi) is 5.41. The van der Waals surface area contributed by atoms with E-state index in [1.54, 1.807) is 0 Å². The number of hydrogen-bond acceptors (Lipinski definition) is 1. The van der Waals surface area contributed by atoms with Crippen molar-refractivity contribution in [2.45, 2.75) is 46.6 Å². The molecule has 1 nitrogen and oxygen atoms in total. The van der Waals surface area contributed by atoms with Gasteiger partial charge < -0.3 is 5.32 Å². The number of hydrogen-bond donors (Lipinski definition) is 1. The highest BCUT2D eigenvalue weighted by Gasteiger charge is 2.19. The first-order chi connectivity index (χ1) is 8.82. The van der Waals surface area contributed by atoms with Crippen LogP contribution in [-0.2, 0) is 6.42 Å². The second-order valence-corrected chi connectivity index (χ2v) is 6.28. The fraction of sp³-hybridized carbons (Fsp3) is 0.444. The third kappa shape index (κ3) is 5.34. The Labute approximate surface area is 118 Å². The van der Waals surface area contributed by atoms with Crippen LogP contribution in [0.3, 0.4) is 0 Å². The van der Waals surface area contributed by atoms with Gasteiger partial charge in [0.25, 0.3) is 0 Å². The maximum Gasteiger partial charge on any atom is 0.0278 e. The Morgan fingerprint density at radius 1 is 1.37 bits per heavy atom. The van der Waals surface area contributed by atoms with E-state index in [4.69, 9.17) is 0 Å². The molecule has 19 heavy (non-hydrogen) atoms. The molecule has 0 saturated heterocycles. The Hall–Kier alpha value is -1.50. The third-order valence-electron chi connectivity index (χ3n) is 3.62. The maximum absolute atomic E-state index is 4.13. The average molecular weight is 257 g/mol. The molecule has 0 bridgehead atoms.